The van der Waals surface area contributed by atoms with Crippen LogP contribution in [0.25, 0.3) is 22.2 Å². The molecule has 0 unspecified atom stereocenters. The lowest BCUT2D eigenvalue weighted by Gasteiger charge is -2.15. The molecule has 29 heavy (non-hydrogen) atoms. The van der Waals surface area contributed by atoms with E-state index in [1.807, 2.05) is 49.4 Å². The highest BCUT2D eigenvalue weighted by molar-refractivity contribution is 5.77. The van der Waals surface area contributed by atoms with Crippen molar-refractivity contribution in [3.8, 4) is 11.1 Å². The molecule has 0 spiro atoms. The largest absolute Gasteiger partial charge is 0.348 e. The summed E-state index contributed by atoms with van der Waals surface area (Å²) >= 11 is 0. The van der Waals surface area contributed by atoms with Gasteiger partial charge in [-0.2, -0.15) is 5.10 Å². The number of aromatic nitrogens is 4. The van der Waals surface area contributed by atoms with Crippen LogP contribution in [0.15, 0.2) is 71.9 Å². The molecule has 4 aromatic rings. The van der Waals surface area contributed by atoms with Crippen LogP contribution in [0.4, 0.5) is 0 Å². The maximum Gasteiger partial charge on any atom is 0.264 e. The molecule has 0 radical (unpaired) electrons. The van der Waals surface area contributed by atoms with Gasteiger partial charge in [0.25, 0.3) is 5.56 Å². The SMILES string of the molecule is C[C@H](NC(=O)Cn1cnc2c(cnn2C)c1=O)c1ccc(-c2ccccc2)cc1. The number of fused-ring (bicyclic) bond motifs is 1. The highest BCUT2D eigenvalue weighted by atomic mass is 16.2. The fourth-order valence-electron chi connectivity index (χ4n) is 3.30. The van der Waals surface area contributed by atoms with Crippen molar-refractivity contribution in [1.29, 1.82) is 0 Å². The lowest BCUT2D eigenvalue weighted by molar-refractivity contribution is -0.122. The lowest BCUT2D eigenvalue weighted by Crippen LogP contribution is -2.33. The molecule has 2 heterocycles. The van der Waals surface area contributed by atoms with Gasteiger partial charge in [0.2, 0.25) is 5.91 Å². The van der Waals surface area contributed by atoms with Gasteiger partial charge in [-0.25, -0.2) is 4.98 Å². The molecular weight excluding hydrogens is 366 g/mol. The maximum absolute atomic E-state index is 12.5. The average molecular weight is 387 g/mol. The second kappa shape index (κ2) is 7.71. The third-order valence-corrected chi connectivity index (χ3v) is 4.93. The van der Waals surface area contributed by atoms with E-state index in [0.29, 0.717) is 11.0 Å². The van der Waals surface area contributed by atoms with Gasteiger partial charge < -0.3 is 5.32 Å². The van der Waals surface area contributed by atoms with Crippen LogP contribution in [0, 0.1) is 0 Å². The Morgan fingerprint density at radius 2 is 1.76 bits per heavy atom. The summed E-state index contributed by atoms with van der Waals surface area (Å²) in [7, 11) is 1.72. The van der Waals surface area contributed by atoms with E-state index in [1.165, 1.54) is 21.8 Å². The Bertz CT molecular complexity index is 1210. The standard InChI is InChI=1S/C22H21N5O2/c1-15(16-8-10-18(11-9-16)17-6-4-3-5-7-17)25-20(28)13-27-14-23-21-19(22(27)29)12-24-26(21)2/h3-12,14-15H,13H2,1-2H3,(H,25,28)/t15-/m0/s1. The van der Waals surface area contributed by atoms with Crippen molar-refractivity contribution in [2.75, 3.05) is 0 Å². The van der Waals surface area contributed by atoms with Gasteiger partial charge in [-0.1, -0.05) is 54.6 Å². The number of nitrogens with one attached hydrogen (secondary N) is 1. The van der Waals surface area contributed by atoms with Crippen LogP contribution >= 0.6 is 0 Å². The molecular formula is C22H21N5O2. The third-order valence-electron chi connectivity index (χ3n) is 4.93. The summed E-state index contributed by atoms with van der Waals surface area (Å²) in [4.78, 5) is 29.2. The molecule has 1 atom stereocenters. The van der Waals surface area contributed by atoms with Gasteiger partial charge in [0.05, 0.1) is 12.2 Å². The number of nitrogens with zero attached hydrogens (tertiary/aromatic N) is 4. The van der Waals surface area contributed by atoms with Gasteiger partial charge in [0.15, 0.2) is 5.65 Å². The summed E-state index contributed by atoms with van der Waals surface area (Å²) < 4.78 is 2.83. The van der Waals surface area contributed by atoms with Gasteiger partial charge in [-0.05, 0) is 23.6 Å². The molecule has 2 aromatic heterocycles. The summed E-state index contributed by atoms with van der Waals surface area (Å²) in [6.07, 6.45) is 2.85. The number of benzene rings is 2. The Morgan fingerprint density at radius 3 is 2.48 bits per heavy atom. The fraction of sp³-hybridized carbons (Fsp3) is 0.182. The Morgan fingerprint density at radius 1 is 1.07 bits per heavy atom. The molecule has 4 rings (SSSR count). The van der Waals surface area contributed by atoms with Crippen LogP contribution in [-0.4, -0.2) is 25.2 Å². The highest BCUT2D eigenvalue weighted by Crippen LogP contribution is 2.21. The van der Waals surface area contributed by atoms with Crippen LogP contribution in [-0.2, 0) is 18.4 Å². The topological polar surface area (TPSA) is 81.8 Å². The predicted molar refractivity (Wildman–Crippen MR) is 111 cm³/mol. The van der Waals surface area contributed by atoms with E-state index < -0.39 is 0 Å². The summed E-state index contributed by atoms with van der Waals surface area (Å²) in [5.74, 6) is -0.253. The minimum atomic E-state index is -0.280. The minimum Gasteiger partial charge on any atom is -0.348 e. The molecule has 0 aliphatic rings. The number of amides is 1. The molecule has 7 nitrogen and oxygen atoms in total. The number of carbonyl (C=O) groups excluding carboxylic acids is 1. The number of aryl methyl sites for hydroxylation is 1. The number of hydrogen-bond acceptors (Lipinski definition) is 4. The molecule has 0 saturated heterocycles. The molecule has 0 aliphatic carbocycles. The molecule has 0 fully saturated rings. The van der Waals surface area contributed by atoms with Crippen LogP contribution in [0.2, 0.25) is 0 Å². The summed E-state index contributed by atoms with van der Waals surface area (Å²) in [6, 6.07) is 18.0. The summed E-state index contributed by atoms with van der Waals surface area (Å²) in [5.41, 5.74) is 3.48. The van der Waals surface area contributed by atoms with Crippen molar-refractivity contribution in [2.45, 2.75) is 19.5 Å². The van der Waals surface area contributed by atoms with Crippen molar-refractivity contribution in [1.82, 2.24) is 24.6 Å². The van der Waals surface area contributed by atoms with E-state index in [9.17, 15) is 9.59 Å². The molecule has 0 saturated carbocycles. The number of hydrogen-bond donors (Lipinski definition) is 1. The van der Waals surface area contributed by atoms with Gasteiger partial charge in [0.1, 0.15) is 18.3 Å². The van der Waals surface area contributed by atoms with Gasteiger partial charge in [-0.3, -0.25) is 18.8 Å². The molecule has 1 amide bonds. The first kappa shape index (κ1) is 18.6. The van der Waals surface area contributed by atoms with Crippen LogP contribution in [0.5, 0.6) is 0 Å². The van der Waals surface area contributed by atoms with Gasteiger partial charge >= 0.3 is 0 Å². The zero-order valence-corrected chi connectivity index (χ0v) is 16.2. The normalized spacial score (nSPS) is 12.1. The minimum absolute atomic E-state index is 0.0941. The first-order chi connectivity index (χ1) is 14.0. The molecule has 7 heteroatoms. The van der Waals surface area contributed by atoms with E-state index in [0.717, 1.165) is 16.7 Å². The van der Waals surface area contributed by atoms with Crippen LogP contribution in [0.3, 0.4) is 0 Å². The van der Waals surface area contributed by atoms with Gasteiger partial charge in [-0.15, -0.1) is 0 Å². The average Bonchev–Trinajstić information content (AvgIpc) is 3.12. The van der Waals surface area contributed by atoms with Crippen molar-refractivity contribution in [3.63, 3.8) is 0 Å². The molecule has 146 valence electrons. The Labute approximate surface area is 167 Å². The quantitative estimate of drug-likeness (QED) is 0.571. The zero-order valence-electron chi connectivity index (χ0n) is 16.2. The van der Waals surface area contributed by atoms with E-state index >= 15 is 0 Å². The van der Waals surface area contributed by atoms with Crippen molar-refractivity contribution in [3.05, 3.63) is 83.0 Å². The first-order valence-electron chi connectivity index (χ1n) is 9.35. The molecule has 2 aromatic carbocycles. The lowest BCUT2D eigenvalue weighted by atomic mass is 10.0. The smallest absolute Gasteiger partial charge is 0.264 e. The van der Waals surface area contributed by atoms with E-state index in [4.69, 9.17) is 0 Å². The Hall–Kier alpha value is -3.74. The molecule has 0 bridgehead atoms. The molecule has 0 aliphatic heterocycles. The van der Waals surface area contributed by atoms with Crippen molar-refractivity contribution < 1.29 is 4.79 Å². The Balaban J connectivity index is 1.44. The summed E-state index contributed by atoms with van der Waals surface area (Å²) in [6.45, 7) is 1.82. The van der Waals surface area contributed by atoms with E-state index in [-0.39, 0.29) is 24.1 Å². The summed E-state index contributed by atoms with van der Waals surface area (Å²) in [5, 5.41) is 7.37. The number of rotatable bonds is 5. The van der Waals surface area contributed by atoms with Gasteiger partial charge in [0, 0.05) is 7.05 Å². The second-order valence-corrected chi connectivity index (χ2v) is 6.96. The number of carbonyl (C=O) groups is 1. The fourth-order valence-corrected chi connectivity index (χ4v) is 3.30. The van der Waals surface area contributed by atoms with Crippen molar-refractivity contribution >= 4 is 16.9 Å². The first-order valence-corrected chi connectivity index (χ1v) is 9.35. The zero-order chi connectivity index (χ0) is 20.4. The molecule has 1 N–H and O–H groups in total. The predicted octanol–water partition coefficient (Wildman–Crippen LogP) is 2.67. The van der Waals surface area contributed by atoms with E-state index in [1.54, 1.807) is 7.05 Å². The third kappa shape index (κ3) is 3.80. The van der Waals surface area contributed by atoms with Crippen molar-refractivity contribution in [2.24, 2.45) is 7.05 Å². The van der Waals surface area contributed by atoms with Crippen LogP contribution < -0.4 is 10.9 Å². The van der Waals surface area contributed by atoms with E-state index in [2.05, 4.69) is 27.5 Å². The van der Waals surface area contributed by atoms with Crippen LogP contribution in [0.1, 0.15) is 18.5 Å². The highest BCUT2D eigenvalue weighted by Gasteiger charge is 2.13. The second-order valence-electron chi connectivity index (χ2n) is 6.96. The maximum atomic E-state index is 12.5. The monoisotopic (exact) mass is 387 g/mol. The Kier molecular flexibility index (Phi) is 4.95.